The molecule has 0 spiro atoms. The Balaban J connectivity index is 1.73. The van der Waals surface area contributed by atoms with Gasteiger partial charge < -0.3 is 0 Å². The van der Waals surface area contributed by atoms with E-state index in [1.165, 1.54) is 20.5 Å². The van der Waals surface area contributed by atoms with Crippen LogP contribution in [0.3, 0.4) is 0 Å². The van der Waals surface area contributed by atoms with Crippen molar-refractivity contribution in [2.75, 3.05) is 0 Å². The zero-order valence-corrected chi connectivity index (χ0v) is 12.9. The highest BCUT2D eigenvalue weighted by Gasteiger charge is 2.51. The molecule has 0 aromatic rings. The lowest BCUT2D eigenvalue weighted by Crippen LogP contribution is -2.33. The molecule has 3 heteroatoms. The number of allylic oxidation sites excluding steroid dienone is 5. The van der Waals surface area contributed by atoms with Crippen molar-refractivity contribution in [2.24, 2.45) is 23.7 Å². The summed E-state index contributed by atoms with van der Waals surface area (Å²) in [6.07, 6.45) is 7.69. The summed E-state index contributed by atoms with van der Waals surface area (Å²) in [7, 11) is 0. The van der Waals surface area contributed by atoms with Crippen molar-refractivity contribution in [3.63, 3.8) is 0 Å². The van der Waals surface area contributed by atoms with E-state index in [2.05, 4.69) is 26.0 Å². The lowest BCUT2D eigenvalue weighted by atomic mass is 9.70. The molecule has 4 rings (SSSR count). The standard InChI is InChI=1S/C16H18OS2/c1-8-9(2)19-16(18-8)12-5-6-13(17)15-11-4-3-10(7-11)14(12)15/h3-4,10-11,14-15H,5-7H2,1-2H3. The molecular formula is C16H18OS2. The summed E-state index contributed by atoms with van der Waals surface area (Å²) < 4.78 is 1.50. The number of Topliss-reactive ketones (excluding diaryl/α,β-unsaturated/α-hetero) is 1. The Morgan fingerprint density at radius 3 is 2.32 bits per heavy atom. The Morgan fingerprint density at radius 1 is 1.00 bits per heavy atom. The smallest absolute Gasteiger partial charge is 0.137 e. The number of hydrogen-bond donors (Lipinski definition) is 0. The van der Waals surface area contributed by atoms with Crippen LogP contribution in [0.15, 0.2) is 31.8 Å². The first-order valence-electron chi connectivity index (χ1n) is 7.12. The van der Waals surface area contributed by atoms with Gasteiger partial charge in [0.05, 0.1) is 0 Å². The molecule has 3 aliphatic carbocycles. The monoisotopic (exact) mass is 290 g/mol. The van der Waals surface area contributed by atoms with Crippen LogP contribution in [0.4, 0.5) is 0 Å². The van der Waals surface area contributed by atoms with Gasteiger partial charge in [-0.1, -0.05) is 35.7 Å². The van der Waals surface area contributed by atoms with Gasteiger partial charge in [-0.15, -0.1) is 0 Å². The van der Waals surface area contributed by atoms with Crippen LogP contribution in [0, 0.1) is 23.7 Å². The van der Waals surface area contributed by atoms with Crippen LogP contribution >= 0.6 is 23.5 Å². The molecule has 4 aliphatic rings. The van der Waals surface area contributed by atoms with E-state index in [0.29, 0.717) is 29.5 Å². The number of thioether (sulfide) groups is 2. The first kappa shape index (κ1) is 12.3. The molecule has 1 nitrogen and oxygen atoms in total. The minimum absolute atomic E-state index is 0.314. The van der Waals surface area contributed by atoms with E-state index >= 15 is 0 Å². The highest BCUT2D eigenvalue weighted by molar-refractivity contribution is 8.28. The predicted molar refractivity (Wildman–Crippen MR) is 82.5 cm³/mol. The van der Waals surface area contributed by atoms with Gasteiger partial charge in [0.15, 0.2) is 0 Å². The summed E-state index contributed by atoms with van der Waals surface area (Å²) in [5, 5.41) is 0. The fourth-order valence-electron chi connectivity index (χ4n) is 4.14. The van der Waals surface area contributed by atoms with Gasteiger partial charge in [-0.2, -0.15) is 0 Å². The number of carbonyl (C=O) groups excluding carboxylic acids is 1. The maximum absolute atomic E-state index is 12.3. The van der Waals surface area contributed by atoms with Crippen LogP contribution in [0.5, 0.6) is 0 Å². The van der Waals surface area contributed by atoms with Gasteiger partial charge >= 0.3 is 0 Å². The molecule has 4 unspecified atom stereocenters. The van der Waals surface area contributed by atoms with Crippen LogP contribution in [0.25, 0.3) is 0 Å². The van der Waals surface area contributed by atoms with Crippen molar-refractivity contribution in [3.8, 4) is 0 Å². The first-order chi connectivity index (χ1) is 9.15. The van der Waals surface area contributed by atoms with Crippen LogP contribution in [-0.2, 0) is 4.79 Å². The Labute approximate surface area is 123 Å². The van der Waals surface area contributed by atoms with Crippen LogP contribution in [-0.4, -0.2) is 5.78 Å². The molecule has 2 fully saturated rings. The van der Waals surface area contributed by atoms with E-state index in [9.17, 15) is 4.79 Å². The fourth-order valence-corrected chi connectivity index (χ4v) is 6.89. The Morgan fingerprint density at radius 2 is 1.63 bits per heavy atom. The van der Waals surface area contributed by atoms with Crippen molar-refractivity contribution >= 4 is 29.3 Å². The van der Waals surface area contributed by atoms with Crippen LogP contribution < -0.4 is 0 Å². The first-order valence-corrected chi connectivity index (χ1v) is 8.75. The minimum atomic E-state index is 0.314. The van der Waals surface area contributed by atoms with E-state index in [-0.39, 0.29) is 0 Å². The van der Waals surface area contributed by atoms with Gasteiger partial charge in [0.25, 0.3) is 0 Å². The minimum Gasteiger partial charge on any atom is -0.299 e. The zero-order valence-electron chi connectivity index (χ0n) is 11.3. The second-order valence-electron chi connectivity index (χ2n) is 6.10. The second-order valence-corrected chi connectivity index (χ2v) is 8.80. The molecule has 1 aliphatic heterocycles. The van der Waals surface area contributed by atoms with Gasteiger partial charge in [0.2, 0.25) is 0 Å². The number of ketones is 1. The van der Waals surface area contributed by atoms with E-state index in [4.69, 9.17) is 0 Å². The van der Waals surface area contributed by atoms with Gasteiger partial charge in [-0.05, 0) is 59.8 Å². The largest absolute Gasteiger partial charge is 0.299 e. The lowest BCUT2D eigenvalue weighted by Gasteiger charge is -2.34. The molecule has 0 N–H and O–H groups in total. The third kappa shape index (κ3) is 1.74. The van der Waals surface area contributed by atoms with E-state index in [1.54, 1.807) is 5.57 Å². The summed E-state index contributed by atoms with van der Waals surface area (Å²) in [6, 6.07) is 0. The van der Waals surface area contributed by atoms with E-state index in [1.807, 2.05) is 23.5 Å². The third-order valence-corrected chi connectivity index (χ3v) is 7.87. The van der Waals surface area contributed by atoms with Crippen molar-refractivity contribution in [1.82, 2.24) is 0 Å². The maximum Gasteiger partial charge on any atom is 0.137 e. The topological polar surface area (TPSA) is 17.1 Å². The Bertz CT molecular complexity index is 539. The molecule has 0 amide bonds. The van der Waals surface area contributed by atoms with Crippen molar-refractivity contribution in [3.05, 3.63) is 31.8 Å². The molecule has 0 aromatic carbocycles. The quantitative estimate of drug-likeness (QED) is 0.600. The molecule has 19 heavy (non-hydrogen) atoms. The highest BCUT2D eigenvalue weighted by atomic mass is 32.2. The second kappa shape index (κ2) is 4.29. The van der Waals surface area contributed by atoms with E-state index < -0.39 is 0 Å². The highest BCUT2D eigenvalue weighted by Crippen LogP contribution is 2.59. The number of fused-ring (bicyclic) bond motifs is 5. The molecule has 2 saturated carbocycles. The molecule has 2 bridgehead atoms. The SMILES string of the molecule is CC1=C(C)SC(=C2CCC(=O)C3C4C=CC(C4)C23)S1. The molecule has 0 aromatic heterocycles. The Kier molecular flexibility index (Phi) is 2.79. The van der Waals surface area contributed by atoms with E-state index in [0.717, 1.165) is 12.8 Å². The maximum atomic E-state index is 12.3. The van der Waals surface area contributed by atoms with Crippen LogP contribution in [0.2, 0.25) is 0 Å². The molecule has 4 atom stereocenters. The zero-order chi connectivity index (χ0) is 13.1. The molecule has 0 radical (unpaired) electrons. The molecule has 100 valence electrons. The van der Waals surface area contributed by atoms with Crippen LogP contribution in [0.1, 0.15) is 33.1 Å². The average molecular weight is 290 g/mol. The predicted octanol–water partition coefficient (Wildman–Crippen LogP) is 4.73. The summed E-state index contributed by atoms with van der Waals surface area (Å²) >= 11 is 3.89. The summed E-state index contributed by atoms with van der Waals surface area (Å²) in [6.45, 7) is 4.43. The fraction of sp³-hybridized carbons (Fsp3) is 0.562. The molecular weight excluding hydrogens is 272 g/mol. The van der Waals surface area contributed by atoms with Crippen molar-refractivity contribution in [2.45, 2.75) is 33.1 Å². The number of carbonyl (C=O) groups is 1. The number of hydrogen-bond acceptors (Lipinski definition) is 3. The molecule has 0 saturated heterocycles. The van der Waals surface area contributed by atoms with Gasteiger partial charge in [-0.3, -0.25) is 4.79 Å². The summed E-state index contributed by atoms with van der Waals surface area (Å²) in [5.41, 5.74) is 1.60. The summed E-state index contributed by atoms with van der Waals surface area (Å²) in [4.78, 5) is 15.2. The Hall–Kier alpha value is -0.410. The summed E-state index contributed by atoms with van der Waals surface area (Å²) in [5.74, 6) is 2.56. The molecule has 1 heterocycles. The normalized spacial score (nSPS) is 40.6. The third-order valence-electron chi connectivity index (χ3n) is 5.12. The average Bonchev–Trinajstić information content (AvgIpc) is 3.06. The van der Waals surface area contributed by atoms with Gasteiger partial charge in [0, 0.05) is 16.6 Å². The van der Waals surface area contributed by atoms with Crippen molar-refractivity contribution in [1.29, 1.82) is 0 Å². The van der Waals surface area contributed by atoms with Gasteiger partial charge in [-0.25, -0.2) is 0 Å². The number of rotatable bonds is 0. The lowest BCUT2D eigenvalue weighted by molar-refractivity contribution is -0.125. The van der Waals surface area contributed by atoms with Gasteiger partial charge in [0.1, 0.15) is 5.78 Å². The van der Waals surface area contributed by atoms with Crippen molar-refractivity contribution < 1.29 is 4.79 Å².